The fourth-order valence-corrected chi connectivity index (χ4v) is 3.90. The predicted molar refractivity (Wildman–Crippen MR) is 110 cm³/mol. The van der Waals surface area contributed by atoms with Crippen LogP contribution in [0.4, 0.5) is 5.69 Å². The van der Waals surface area contributed by atoms with Crippen molar-refractivity contribution in [3.63, 3.8) is 0 Å². The summed E-state index contributed by atoms with van der Waals surface area (Å²) in [6, 6.07) is 10.6. The van der Waals surface area contributed by atoms with E-state index in [4.69, 9.17) is 4.74 Å². The molecule has 0 fully saturated rings. The van der Waals surface area contributed by atoms with Gasteiger partial charge in [-0.3, -0.25) is 19.4 Å². The summed E-state index contributed by atoms with van der Waals surface area (Å²) in [6.07, 6.45) is 1.80. The van der Waals surface area contributed by atoms with E-state index >= 15 is 0 Å². The van der Waals surface area contributed by atoms with Gasteiger partial charge in [-0.1, -0.05) is 12.1 Å². The maximum Gasteiger partial charge on any atom is 0.308 e. The lowest BCUT2D eigenvalue weighted by molar-refractivity contribution is -0.157. The van der Waals surface area contributed by atoms with E-state index in [0.717, 1.165) is 10.6 Å². The van der Waals surface area contributed by atoms with Gasteiger partial charge in [0.2, 0.25) is 12.0 Å². The van der Waals surface area contributed by atoms with Crippen LogP contribution in [0, 0.1) is 0 Å². The number of para-hydroxylation sites is 1. The number of hydrogen-bond donors (Lipinski definition) is 2. The van der Waals surface area contributed by atoms with Crippen molar-refractivity contribution in [2.75, 3.05) is 5.32 Å². The molecule has 1 aliphatic heterocycles. The van der Waals surface area contributed by atoms with Crippen molar-refractivity contribution in [1.29, 1.82) is 0 Å². The first kappa shape index (κ1) is 20.9. The van der Waals surface area contributed by atoms with Gasteiger partial charge in [0, 0.05) is 28.4 Å². The fourth-order valence-electron chi connectivity index (χ4n) is 2.80. The van der Waals surface area contributed by atoms with Gasteiger partial charge in [-0.05, 0) is 45.0 Å². The molecule has 0 aliphatic carbocycles. The lowest BCUT2D eigenvalue weighted by Crippen LogP contribution is -2.44. The van der Waals surface area contributed by atoms with Crippen LogP contribution in [0.2, 0.25) is 0 Å². The molecule has 0 spiro atoms. The van der Waals surface area contributed by atoms with Crippen LogP contribution in [0.25, 0.3) is 0 Å². The standard InChI is InChI=1S/C21H23N3O4S/c1-21(2,3)24-20(27)18(13-8-10-22-11-9-13)28-17(25)12-16-19(26)23-14-6-4-5-7-15(14)29-16/h4-11,16,18H,12H2,1-3H3,(H,23,26)(H,24,27). The zero-order chi connectivity index (χ0) is 21.0. The van der Waals surface area contributed by atoms with Gasteiger partial charge in [0.1, 0.15) is 0 Å². The third kappa shape index (κ3) is 5.57. The molecule has 1 aromatic heterocycles. The smallest absolute Gasteiger partial charge is 0.308 e. The fraction of sp³-hybridized carbons (Fsp3) is 0.333. The summed E-state index contributed by atoms with van der Waals surface area (Å²) < 4.78 is 5.51. The van der Waals surface area contributed by atoms with E-state index in [9.17, 15) is 14.4 Å². The number of carbonyl (C=O) groups excluding carboxylic acids is 3. The summed E-state index contributed by atoms with van der Waals surface area (Å²) in [5, 5.41) is 5.00. The van der Waals surface area contributed by atoms with Crippen LogP contribution in [0.15, 0.2) is 53.7 Å². The van der Waals surface area contributed by atoms with E-state index in [-0.39, 0.29) is 12.3 Å². The van der Waals surface area contributed by atoms with Crippen molar-refractivity contribution in [1.82, 2.24) is 10.3 Å². The van der Waals surface area contributed by atoms with Crippen molar-refractivity contribution >= 4 is 35.2 Å². The number of pyridine rings is 1. The quantitative estimate of drug-likeness (QED) is 0.731. The third-order valence-electron chi connectivity index (χ3n) is 4.05. The van der Waals surface area contributed by atoms with Crippen molar-refractivity contribution in [2.45, 2.75) is 49.0 Å². The predicted octanol–water partition coefficient (Wildman–Crippen LogP) is 3.08. The first-order valence-corrected chi connectivity index (χ1v) is 10.1. The van der Waals surface area contributed by atoms with Gasteiger partial charge in [-0.2, -0.15) is 0 Å². The number of benzene rings is 1. The number of anilines is 1. The van der Waals surface area contributed by atoms with Crippen LogP contribution >= 0.6 is 11.8 Å². The van der Waals surface area contributed by atoms with Crippen LogP contribution in [-0.4, -0.2) is 33.6 Å². The van der Waals surface area contributed by atoms with Crippen molar-refractivity contribution < 1.29 is 19.1 Å². The summed E-state index contributed by atoms with van der Waals surface area (Å²) >= 11 is 1.31. The summed E-state index contributed by atoms with van der Waals surface area (Å²) in [7, 11) is 0. The van der Waals surface area contributed by atoms with Gasteiger partial charge in [-0.25, -0.2) is 0 Å². The number of esters is 1. The second-order valence-corrected chi connectivity index (χ2v) is 8.93. The number of thioether (sulfide) groups is 1. The highest BCUT2D eigenvalue weighted by molar-refractivity contribution is 8.01. The maximum atomic E-state index is 12.7. The van der Waals surface area contributed by atoms with Crippen LogP contribution < -0.4 is 10.6 Å². The van der Waals surface area contributed by atoms with Crippen molar-refractivity contribution in [3.05, 3.63) is 54.4 Å². The summed E-state index contributed by atoms with van der Waals surface area (Å²) in [4.78, 5) is 42.5. The number of fused-ring (bicyclic) bond motifs is 1. The molecule has 2 unspecified atom stereocenters. The lowest BCUT2D eigenvalue weighted by Gasteiger charge is -2.26. The molecule has 2 heterocycles. The summed E-state index contributed by atoms with van der Waals surface area (Å²) in [5.74, 6) is -1.31. The van der Waals surface area contributed by atoms with Crippen molar-refractivity contribution in [2.24, 2.45) is 0 Å². The Labute approximate surface area is 173 Å². The van der Waals surface area contributed by atoms with Gasteiger partial charge in [0.05, 0.1) is 17.4 Å². The number of amides is 2. The van der Waals surface area contributed by atoms with Gasteiger partial charge >= 0.3 is 5.97 Å². The minimum atomic E-state index is -1.12. The molecule has 152 valence electrons. The van der Waals surface area contributed by atoms with Gasteiger partial charge < -0.3 is 15.4 Å². The molecule has 0 bridgehead atoms. The Bertz CT molecular complexity index is 912. The normalized spacial score (nSPS) is 16.9. The number of nitrogens with zero attached hydrogens (tertiary/aromatic N) is 1. The van der Waals surface area contributed by atoms with Gasteiger partial charge in [0.15, 0.2) is 0 Å². The minimum absolute atomic E-state index is 0.144. The summed E-state index contributed by atoms with van der Waals surface area (Å²) in [5.41, 5.74) is 0.755. The molecule has 1 aromatic carbocycles. The highest BCUT2D eigenvalue weighted by Crippen LogP contribution is 2.37. The monoisotopic (exact) mass is 413 g/mol. The van der Waals surface area contributed by atoms with E-state index in [1.807, 2.05) is 45.0 Å². The molecule has 7 nitrogen and oxygen atoms in total. The molecule has 2 atom stereocenters. The molecule has 2 N–H and O–H groups in total. The molecular weight excluding hydrogens is 390 g/mol. The zero-order valence-electron chi connectivity index (χ0n) is 16.5. The lowest BCUT2D eigenvalue weighted by atomic mass is 10.1. The molecule has 1 aliphatic rings. The van der Waals surface area contributed by atoms with Crippen LogP contribution in [0.3, 0.4) is 0 Å². The molecule has 0 radical (unpaired) electrons. The Kier molecular flexibility index (Phi) is 6.22. The molecule has 0 saturated carbocycles. The molecule has 8 heteroatoms. The zero-order valence-corrected chi connectivity index (χ0v) is 17.3. The Balaban J connectivity index is 1.72. The average molecular weight is 413 g/mol. The second kappa shape index (κ2) is 8.65. The highest BCUT2D eigenvalue weighted by atomic mass is 32.2. The topological polar surface area (TPSA) is 97.4 Å². The van der Waals surface area contributed by atoms with Crippen LogP contribution in [0.1, 0.15) is 38.9 Å². The molecule has 2 aromatic rings. The Morgan fingerprint density at radius 1 is 1.21 bits per heavy atom. The van der Waals surface area contributed by atoms with E-state index in [1.54, 1.807) is 12.1 Å². The number of aromatic nitrogens is 1. The Hall–Kier alpha value is -2.87. The Morgan fingerprint density at radius 3 is 2.59 bits per heavy atom. The van der Waals surface area contributed by atoms with Crippen molar-refractivity contribution in [3.8, 4) is 0 Å². The highest BCUT2D eigenvalue weighted by Gasteiger charge is 2.33. The molecule has 2 amide bonds. The van der Waals surface area contributed by atoms with E-state index in [1.165, 1.54) is 24.2 Å². The van der Waals surface area contributed by atoms with E-state index in [0.29, 0.717) is 5.56 Å². The Morgan fingerprint density at radius 2 is 1.90 bits per heavy atom. The average Bonchev–Trinajstić information content (AvgIpc) is 2.66. The van der Waals surface area contributed by atoms with Crippen LogP contribution in [0.5, 0.6) is 0 Å². The SMILES string of the molecule is CC(C)(C)NC(=O)C(OC(=O)CC1Sc2ccccc2NC1=O)c1ccncc1. The minimum Gasteiger partial charge on any atom is -0.447 e. The molecule has 3 rings (SSSR count). The largest absolute Gasteiger partial charge is 0.447 e. The van der Waals surface area contributed by atoms with Crippen LogP contribution in [-0.2, 0) is 19.1 Å². The number of carbonyl (C=O) groups is 3. The molecule has 29 heavy (non-hydrogen) atoms. The number of rotatable bonds is 5. The van der Waals surface area contributed by atoms with E-state index in [2.05, 4.69) is 15.6 Å². The second-order valence-electron chi connectivity index (χ2n) is 7.69. The molecule has 0 saturated heterocycles. The molecular formula is C21H23N3O4S. The summed E-state index contributed by atoms with van der Waals surface area (Å²) in [6.45, 7) is 5.53. The first-order chi connectivity index (χ1) is 13.7. The van der Waals surface area contributed by atoms with Gasteiger partial charge in [-0.15, -0.1) is 11.8 Å². The maximum absolute atomic E-state index is 12.7. The number of ether oxygens (including phenoxy) is 1. The third-order valence-corrected chi connectivity index (χ3v) is 5.33. The van der Waals surface area contributed by atoms with E-state index < -0.39 is 28.8 Å². The number of nitrogens with one attached hydrogen (secondary N) is 2. The first-order valence-electron chi connectivity index (χ1n) is 9.21. The number of hydrogen-bond acceptors (Lipinski definition) is 6. The van der Waals surface area contributed by atoms with Gasteiger partial charge in [0.25, 0.3) is 5.91 Å².